The zero-order valence-electron chi connectivity index (χ0n) is 8.46. The molecule has 3 nitrogen and oxygen atoms in total. The van der Waals surface area contributed by atoms with E-state index in [-0.39, 0.29) is 0 Å². The minimum absolute atomic E-state index is 0.454. The second-order valence-electron chi connectivity index (χ2n) is 2.48. The predicted molar refractivity (Wildman–Crippen MR) is 48.6 cm³/mol. The van der Waals surface area contributed by atoms with Gasteiger partial charge in [-0.15, -0.1) is 0 Å². The highest BCUT2D eigenvalue weighted by Gasteiger charge is 1.94. The van der Waals surface area contributed by atoms with Crippen molar-refractivity contribution in [3.05, 3.63) is 0 Å². The zero-order chi connectivity index (χ0) is 9.82. The molecule has 3 heteroatoms. The van der Waals surface area contributed by atoms with E-state index in [1.54, 1.807) is 7.11 Å². The van der Waals surface area contributed by atoms with Crippen LogP contribution in [0, 0.1) is 11.5 Å². The Morgan fingerprint density at radius 2 is 1.92 bits per heavy atom. The van der Waals surface area contributed by atoms with Crippen LogP contribution >= 0.6 is 0 Å². The molecule has 0 aromatic carbocycles. The van der Waals surface area contributed by atoms with Crippen LogP contribution in [0.1, 0.15) is 33.1 Å². The maximum atomic E-state index is 7.40. The molecule has 0 radical (unpaired) electrons. The molecule has 0 N–H and O–H groups in total. The maximum Gasteiger partial charge on any atom is 0.286 e. The summed E-state index contributed by atoms with van der Waals surface area (Å²) in [6, 6.07) is 0. The summed E-state index contributed by atoms with van der Waals surface area (Å²) < 4.78 is 8.90. The number of nitriles is 1. The Labute approximate surface area is 75.3 Å². The Morgan fingerprint density at radius 3 is 2.17 bits per heavy atom. The first-order valence-electron chi connectivity index (χ1n) is 4.17. The Morgan fingerprint density at radius 1 is 1.42 bits per heavy atom. The summed E-state index contributed by atoms with van der Waals surface area (Å²) in [5.41, 5.74) is 0. The molecule has 0 amide bonds. The number of rotatable bonds is 4. The highest BCUT2D eigenvalue weighted by Crippen LogP contribution is 2.01. The van der Waals surface area contributed by atoms with Gasteiger partial charge in [0, 0.05) is 7.11 Å². The average Bonchev–Trinajstić information content (AvgIpc) is 2.14. The minimum atomic E-state index is 0.454. The fourth-order valence-corrected chi connectivity index (χ4v) is 0.609. The van der Waals surface area contributed by atoms with Gasteiger partial charge in [-0.05, 0) is 13.3 Å². The zero-order valence-corrected chi connectivity index (χ0v) is 8.46. The summed E-state index contributed by atoms with van der Waals surface area (Å²) in [5.74, 6) is 0. The van der Waals surface area contributed by atoms with Crippen LogP contribution in [0.3, 0.4) is 0 Å². The second-order valence-corrected chi connectivity index (χ2v) is 2.48. The standard InChI is InChI=1S/C7H16O.C2H3NO/c1-4-5-6-7(2)8-3;1-4-2-3/h7H,4-6H2,1-3H3;1H3. The van der Waals surface area contributed by atoms with Crippen LogP contribution in [0.25, 0.3) is 0 Å². The fourth-order valence-electron chi connectivity index (χ4n) is 0.609. The Hall–Kier alpha value is -0.750. The molecular weight excluding hydrogens is 154 g/mol. The van der Waals surface area contributed by atoms with Gasteiger partial charge in [0.2, 0.25) is 0 Å². The van der Waals surface area contributed by atoms with E-state index in [9.17, 15) is 0 Å². The first-order valence-corrected chi connectivity index (χ1v) is 4.17. The average molecular weight is 173 g/mol. The third-order valence-electron chi connectivity index (χ3n) is 1.46. The molecule has 0 aromatic rings. The van der Waals surface area contributed by atoms with Crippen molar-refractivity contribution in [3.63, 3.8) is 0 Å². The van der Waals surface area contributed by atoms with Crippen molar-refractivity contribution in [1.29, 1.82) is 5.26 Å². The molecule has 12 heavy (non-hydrogen) atoms. The lowest BCUT2D eigenvalue weighted by Crippen LogP contribution is -2.02. The highest BCUT2D eigenvalue weighted by molar-refractivity contribution is 4.46. The molecular formula is C9H19NO2. The van der Waals surface area contributed by atoms with Crippen LogP contribution in [0.5, 0.6) is 0 Å². The Bertz CT molecular complexity index is 110. The molecule has 0 fully saturated rings. The molecule has 0 spiro atoms. The van der Waals surface area contributed by atoms with Crippen LogP contribution in [0.4, 0.5) is 0 Å². The molecule has 0 bridgehead atoms. The predicted octanol–water partition coefficient (Wildman–Crippen LogP) is 2.33. The topological polar surface area (TPSA) is 42.2 Å². The number of methoxy groups -OCH3 is 2. The first-order chi connectivity index (χ1) is 5.72. The quantitative estimate of drug-likeness (QED) is 0.613. The van der Waals surface area contributed by atoms with Gasteiger partial charge in [0.15, 0.2) is 0 Å². The van der Waals surface area contributed by atoms with Crippen molar-refractivity contribution in [3.8, 4) is 6.26 Å². The van der Waals surface area contributed by atoms with Crippen molar-refractivity contribution in [1.82, 2.24) is 0 Å². The van der Waals surface area contributed by atoms with E-state index in [1.807, 2.05) is 0 Å². The fraction of sp³-hybridized carbons (Fsp3) is 0.889. The molecule has 0 aliphatic rings. The van der Waals surface area contributed by atoms with Crippen LogP contribution in [-0.4, -0.2) is 20.3 Å². The highest BCUT2D eigenvalue weighted by atomic mass is 16.5. The number of ether oxygens (including phenoxy) is 2. The van der Waals surface area contributed by atoms with Gasteiger partial charge in [0.05, 0.1) is 13.2 Å². The third-order valence-corrected chi connectivity index (χ3v) is 1.46. The van der Waals surface area contributed by atoms with Gasteiger partial charge in [-0.2, -0.15) is 5.26 Å². The number of hydrogen-bond donors (Lipinski definition) is 0. The first kappa shape index (κ1) is 13.8. The van der Waals surface area contributed by atoms with Gasteiger partial charge in [0.25, 0.3) is 6.26 Å². The normalized spacial score (nSPS) is 10.6. The van der Waals surface area contributed by atoms with Gasteiger partial charge < -0.3 is 9.47 Å². The molecule has 72 valence electrons. The summed E-state index contributed by atoms with van der Waals surface area (Å²) in [6.45, 7) is 4.30. The van der Waals surface area contributed by atoms with Gasteiger partial charge >= 0.3 is 0 Å². The van der Waals surface area contributed by atoms with Gasteiger partial charge in [0.1, 0.15) is 0 Å². The molecule has 0 rings (SSSR count). The number of unbranched alkanes of at least 4 members (excludes halogenated alkanes) is 1. The van der Waals surface area contributed by atoms with Crippen molar-refractivity contribution < 1.29 is 9.47 Å². The van der Waals surface area contributed by atoms with E-state index >= 15 is 0 Å². The maximum absolute atomic E-state index is 7.40. The molecule has 0 aliphatic heterocycles. The smallest absolute Gasteiger partial charge is 0.286 e. The van der Waals surface area contributed by atoms with Crippen molar-refractivity contribution >= 4 is 0 Å². The van der Waals surface area contributed by atoms with Gasteiger partial charge in [-0.3, -0.25) is 0 Å². The van der Waals surface area contributed by atoms with E-state index < -0.39 is 0 Å². The lowest BCUT2D eigenvalue weighted by atomic mass is 10.2. The number of nitrogens with zero attached hydrogens (tertiary/aromatic N) is 1. The number of hydrogen-bond acceptors (Lipinski definition) is 3. The summed E-state index contributed by atoms with van der Waals surface area (Å²) in [7, 11) is 3.08. The third kappa shape index (κ3) is 16.1. The van der Waals surface area contributed by atoms with Crippen molar-refractivity contribution in [2.75, 3.05) is 14.2 Å². The summed E-state index contributed by atoms with van der Waals surface area (Å²) >= 11 is 0. The monoisotopic (exact) mass is 173 g/mol. The van der Waals surface area contributed by atoms with Crippen LogP contribution in [0.15, 0.2) is 0 Å². The van der Waals surface area contributed by atoms with E-state index in [0.717, 1.165) is 0 Å². The molecule has 1 unspecified atom stereocenters. The molecule has 0 aromatic heterocycles. The van der Waals surface area contributed by atoms with E-state index in [4.69, 9.17) is 10.00 Å². The van der Waals surface area contributed by atoms with E-state index in [1.165, 1.54) is 32.6 Å². The lowest BCUT2D eigenvalue weighted by Gasteiger charge is -2.06. The van der Waals surface area contributed by atoms with Crippen molar-refractivity contribution in [2.45, 2.75) is 39.2 Å². The van der Waals surface area contributed by atoms with Gasteiger partial charge in [-0.25, -0.2) is 0 Å². The summed E-state index contributed by atoms with van der Waals surface area (Å²) in [5, 5.41) is 7.40. The van der Waals surface area contributed by atoms with Crippen LogP contribution in [0.2, 0.25) is 0 Å². The second kappa shape index (κ2) is 12.9. The lowest BCUT2D eigenvalue weighted by molar-refractivity contribution is 0.109. The summed E-state index contributed by atoms with van der Waals surface area (Å²) in [6.07, 6.45) is 5.64. The molecule has 0 saturated heterocycles. The van der Waals surface area contributed by atoms with Crippen LogP contribution in [-0.2, 0) is 9.47 Å². The summed E-state index contributed by atoms with van der Waals surface area (Å²) in [4.78, 5) is 0. The van der Waals surface area contributed by atoms with E-state index in [2.05, 4.69) is 18.6 Å². The molecule has 0 saturated carbocycles. The molecule has 0 aliphatic carbocycles. The Balaban J connectivity index is 0. The van der Waals surface area contributed by atoms with E-state index in [0.29, 0.717) is 6.10 Å². The van der Waals surface area contributed by atoms with Gasteiger partial charge in [-0.1, -0.05) is 19.8 Å². The Kier molecular flexibility index (Phi) is 14.8. The largest absolute Gasteiger partial charge is 0.431 e. The minimum Gasteiger partial charge on any atom is -0.431 e. The van der Waals surface area contributed by atoms with Crippen LogP contribution < -0.4 is 0 Å². The SMILES string of the molecule is CCCCC(C)OC.COC#N. The van der Waals surface area contributed by atoms with Crippen molar-refractivity contribution in [2.24, 2.45) is 0 Å². The molecule has 1 atom stereocenters. The molecule has 0 heterocycles.